The van der Waals surface area contributed by atoms with Crippen LogP contribution in [-0.4, -0.2) is 0 Å². The van der Waals surface area contributed by atoms with Gasteiger partial charge in [-0.05, 0) is 87.3 Å². The third-order valence-electron chi connectivity index (χ3n) is 10.4. The van der Waals surface area contributed by atoms with Crippen LogP contribution < -0.4 is 4.90 Å². The molecule has 0 N–H and O–H groups in total. The molecule has 0 unspecified atom stereocenters. The van der Waals surface area contributed by atoms with Gasteiger partial charge >= 0.3 is 0 Å². The van der Waals surface area contributed by atoms with Gasteiger partial charge in [0.2, 0.25) is 0 Å². The average molecular weight is 644 g/mol. The van der Waals surface area contributed by atoms with Crippen LogP contribution in [0.5, 0.6) is 0 Å². The molecule has 1 aromatic heterocycles. The van der Waals surface area contributed by atoms with Crippen LogP contribution in [-0.2, 0) is 5.41 Å². The van der Waals surface area contributed by atoms with E-state index in [0.717, 1.165) is 77.8 Å². The molecule has 0 radical (unpaired) electrons. The minimum absolute atomic E-state index is 0.215. The van der Waals surface area contributed by atoms with E-state index in [1.807, 2.05) is 54.6 Å². The molecular formula is C47H30FNO. The Morgan fingerprint density at radius 1 is 0.460 bits per heavy atom. The Balaban J connectivity index is 1.33. The summed E-state index contributed by atoms with van der Waals surface area (Å²) in [6.45, 7) is 0. The molecule has 1 heterocycles. The van der Waals surface area contributed by atoms with E-state index in [1.165, 1.54) is 0 Å². The maximum Gasteiger partial charge on any atom is 0.137 e. The lowest BCUT2D eigenvalue weighted by Crippen LogP contribution is -2.29. The number of anilines is 3. The summed E-state index contributed by atoms with van der Waals surface area (Å²) >= 11 is 0. The highest BCUT2D eigenvalue weighted by molar-refractivity contribution is 6.13. The van der Waals surface area contributed by atoms with Crippen molar-refractivity contribution in [1.82, 2.24) is 0 Å². The first-order valence-electron chi connectivity index (χ1n) is 17.0. The lowest BCUT2D eigenvalue weighted by Gasteiger charge is -2.35. The largest absolute Gasteiger partial charge is 0.456 e. The molecule has 1 aliphatic carbocycles. The number of furan rings is 1. The Kier molecular flexibility index (Phi) is 6.31. The fourth-order valence-electron chi connectivity index (χ4n) is 8.37. The Labute approximate surface area is 289 Å². The molecule has 0 saturated carbocycles. The standard InChI is InChI=1S/C47H30FNO/c48-41-30-40-45(36-22-11-10-21-35(36)41)37-28-27-34(29-39(37)47(40,31-15-4-1-5-16-31)32-17-6-2-7-18-32)49(33-19-8-3-9-20-33)42-24-14-26-44-46(42)38-23-12-13-25-43(38)50-44/h1-30H. The maximum atomic E-state index is 16.3. The predicted molar refractivity (Wildman–Crippen MR) is 203 cm³/mol. The van der Waals surface area contributed by atoms with Crippen molar-refractivity contribution in [3.8, 4) is 11.1 Å². The van der Waals surface area contributed by atoms with Gasteiger partial charge in [-0.3, -0.25) is 0 Å². The van der Waals surface area contributed by atoms with Crippen LogP contribution in [0.1, 0.15) is 22.3 Å². The molecule has 0 aliphatic heterocycles. The van der Waals surface area contributed by atoms with Crippen LogP contribution in [0.2, 0.25) is 0 Å². The van der Waals surface area contributed by atoms with Crippen LogP contribution in [0.15, 0.2) is 186 Å². The second-order valence-electron chi connectivity index (χ2n) is 13.0. The van der Waals surface area contributed by atoms with Gasteiger partial charge in [-0.2, -0.15) is 0 Å². The van der Waals surface area contributed by atoms with Crippen molar-refractivity contribution < 1.29 is 8.81 Å². The third-order valence-corrected chi connectivity index (χ3v) is 10.4. The zero-order valence-electron chi connectivity index (χ0n) is 27.1. The fourth-order valence-corrected chi connectivity index (χ4v) is 8.37. The first-order valence-corrected chi connectivity index (χ1v) is 17.0. The van der Waals surface area contributed by atoms with Gasteiger partial charge in [-0.25, -0.2) is 4.39 Å². The third kappa shape index (κ3) is 4.01. The van der Waals surface area contributed by atoms with Crippen LogP contribution in [0.4, 0.5) is 21.5 Å². The quantitative estimate of drug-likeness (QED) is 0.186. The van der Waals surface area contributed by atoms with Crippen molar-refractivity contribution in [2.24, 2.45) is 0 Å². The van der Waals surface area contributed by atoms with Gasteiger partial charge in [0.15, 0.2) is 0 Å². The molecule has 0 bridgehead atoms. The summed E-state index contributed by atoms with van der Waals surface area (Å²) < 4.78 is 22.7. The highest BCUT2D eigenvalue weighted by Crippen LogP contribution is 2.59. The summed E-state index contributed by atoms with van der Waals surface area (Å²) in [7, 11) is 0. The van der Waals surface area contributed by atoms with Crippen molar-refractivity contribution >= 4 is 49.8 Å². The van der Waals surface area contributed by atoms with Crippen LogP contribution in [0.3, 0.4) is 0 Å². The van der Waals surface area contributed by atoms with E-state index in [1.54, 1.807) is 6.07 Å². The molecule has 10 rings (SSSR count). The van der Waals surface area contributed by atoms with Crippen molar-refractivity contribution in [3.63, 3.8) is 0 Å². The summed E-state index contributed by atoms with van der Waals surface area (Å²) in [6, 6.07) is 62.6. The molecule has 9 aromatic rings. The molecule has 1 aliphatic rings. The second kappa shape index (κ2) is 11.0. The molecule has 0 atom stereocenters. The van der Waals surface area contributed by atoms with E-state index in [2.05, 4.69) is 126 Å². The number of rotatable bonds is 5. The Morgan fingerprint density at radius 2 is 1.06 bits per heavy atom. The minimum Gasteiger partial charge on any atom is -0.456 e. The van der Waals surface area contributed by atoms with Crippen molar-refractivity contribution in [3.05, 3.63) is 210 Å². The molecule has 8 aromatic carbocycles. The molecule has 2 nitrogen and oxygen atoms in total. The van der Waals surface area contributed by atoms with E-state index in [9.17, 15) is 0 Å². The zero-order chi connectivity index (χ0) is 33.2. The number of halogens is 1. The molecule has 0 amide bonds. The maximum absolute atomic E-state index is 16.3. The lowest BCUT2D eigenvalue weighted by molar-refractivity contribution is 0.633. The number of hydrogen-bond donors (Lipinski definition) is 0. The molecule has 50 heavy (non-hydrogen) atoms. The topological polar surface area (TPSA) is 16.4 Å². The van der Waals surface area contributed by atoms with E-state index in [0.29, 0.717) is 5.39 Å². The van der Waals surface area contributed by atoms with Crippen molar-refractivity contribution in [2.75, 3.05) is 4.90 Å². The Morgan fingerprint density at radius 3 is 1.78 bits per heavy atom. The van der Waals surface area contributed by atoms with Crippen LogP contribution in [0, 0.1) is 5.82 Å². The first kappa shape index (κ1) is 28.6. The highest BCUT2D eigenvalue weighted by Gasteiger charge is 2.47. The van der Waals surface area contributed by atoms with Gasteiger partial charge in [0.05, 0.1) is 16.5 Å². The van der Waals surface area contributed by atoms with E-state index < -0.39 is 5.41 Å². The number of para-hydroxylation sites is 2. The van der Waals surface area contributed by atoms with E-state index >= 15 is 4.39 Å². The summed E-state index contributed by atoms with van der Waals surface area (Å²) in [4.78, 5) is 2.33. The van der Waals surface area contributed by atoms with E-state index in [-0.39, 0.29) is 5.82 Å². The molecule has 3 heteroatoms. The summed E-state index contributed by atoms with van der Waals surface area (Å²) in [5.74, 6) is -0.215. The SMILES string of the molecule is Fc1cc2c(c3ccccc13)-c1ccc(N(c3ccccc3)c3cccc4oc5ccccc5c34)cc1C2(c1ccccc1)c1ccccc1. The highest BCUT2D eigenvalue weighted by atomic mass is 19.1. The smallest absolute Gasteiger partial charge is 0.137 e. The molecule has 0 fully saturated rings. The predicted octanol–water partition coefficient (Wildman–Crippen LogP) is 12.7. The fraction of sp³-hybridized carbons (Fsp3) is 0.0213. The first-order chi connectivity index (χ1) is 24.7. The Hall–Kier alpha value is -6.45. The van der Waals surface area contributed by atoms with Crippen LogP contribution >= 0.6 is 0 Å². The molecule has 0 spiro atoms. The van der Waals surface area contributed by atoms with Crippen LogP contribution in [0.25, 0.3) is 43.8 Å². The van der Waals surface area contributed by atoms with Gasteiger partial charge in [0, 0.05) is 22.1 Å². The minimum atomic E-state index is -0.773. The van der Waals surface area contributed by atoms with Gasteiger partial charge in [-0.15, -0.1) is 0 Å². The normalized spacial score (nSPS) is 13.1. The van der Waals surface area contributed by atoms with Crippen molar-refractivity contribution in [1.29, 1.82) is 0 Å². The number of benzene rings is 8. The number of nitrogens with zero attached hydrogens (tertiary/aromatic N) is 1. The average Bonchev–Trinajstić information content (AvgIpc) is 3.70. The van der Waals surface area contributed by atoms with Gasteiger partial charge in [0.25, 0.3) is 0 Å². The summed E-state index contributed by atoms with van der Waals surface area (Å²) in [5.41, 5.74) is 10.4. The lowest BCUT2D eigenvalue weighted by atomic mass is 9.67. The number of fused-ring (bicyclic) bond motifs is 8. The molecular weight excluding hydrogens is 614 g/mol. The summed E-state index contributed by atoms with van der Waals surface area (Å²) in [5, 5.41) is 3.67. The van der Waals surface area contributed by atoms with Gasteiger partial charge in [0.1, 0.15) is 17.0 Å². The second-order valence-corrected chi connectivity index (χ2v) is 13.0. The molecule has 236 valence electrons. The van der Waals surface area contributed by atoms with Gasteiger partial charge < -0.3 is 9.32 Å². The van der Waals surface area contributed by atoms with Crippen molar-refractivity contribution in [2.45, 2.75) is 5.41 Å². The van der Waals surface area contributed by atoms with E-state index in [4.69, 9.17) is 4.42 Å². The zero-order valence-corrected chi connectivity index (χ0v) is 27.1. The molecule has 0 saturated heterocycles. The Bertz CT molecular complexity index is 2680. The monoisotopic (exact) mass is 643 g/mol. The van der Waals surface area contributed by atoms with Gasteiger partial charge in [-0.1, -0.05) is 133 Å². The summed E-state index contributed by atoms with van der Waals surface area (Å²) in [6.07, 6.45) is 0. The number of hydrogen-bond acceptors (Lipinski definition) is 2.